The average Bonchev–Trinajstić information content (AvgIpc) is 3.41. The van der Waals surface area contributed by atoms with E-state index in [1.54, 1.807) is 31.2 Å². The van der Waals surface area contributed by atoms with Crippen molar-refractivity contribution in [2.75, 3.05) is 0 Å². The Morgan fingerprint density at radius 3 is 2.57 bits per heavy atom. The number of aromatic nitrogens is 2. The van der Waals surface area contributed by atoms with E-state index in [1.165, 1.54) is 11.3 Å². The number of carbonyl (C=O) groups excluding carboxylic acids is 1. The summed E-state index contributed by atoms with van der Waals surface area (Å²) in [5.74, 6) is 1.15. The fraction of sp³-hybridized carbons (Fsp3) is 0.0952. The second-order valence-electron chi connectivity index (χ2n) is 5.88. The second-order valence-corrected chi connectivity index (χ2v) is 6.83. The summed E-state index contributed by atoms with van der Waals surface area (Å²) in [6.07, 6.45) is -0.696. The number of esters is 1. The van der Waals surface area contributed by atoms with Crippen LogP contribution in [0.3, 0.4) is 0 Å². The SMILES string of the molecule is C[C@H](OC(=O)c1ccccc1Oc1ccccc1)c1nnc(-c2cccs2)o1. The second kappa shape index (κ2) is 8.06. The summed E-state index contributed by atoms with van der Waals surface area (Å²) in [6.45, 7) is 1.68. The topological polar surface area (TPSA) is 74.5 Å². The quantitative estimate of drug-likeness (QED) is 0.403. The number of carbonyl (C=O) groups is 1. The Morgan fingerprint density at radius 1 is 1.00 bits per heavy atom. The Kier molecular flexibility index (Phi) is 5.16. The lowest BCUT2D eigenvalue weighted by molar-refractivity contribution is 0.0277. The number of rotatable bonds is 6. The van der Waals surface area contributed by atoms with Crippen molar-refractivity contribution in [3.63, 3.8) is 0 Å². The summed E-state index contributed by atoms with van der Waals surface area (Å²) in [7, 11) is 0. The number of nitrogens with zero attached hydrogens (tertiary/aromatic N) is 2. The lowest BCUT2D eigenvalue weighted by Crippen LogP contribution is -2.10. The molecule has 0 aliphatic rings. The van der Waals surface area contributed by atoms with Gasteiger partial charge in [-0.1, -0.05) is 36.4 Å². The van der Waals surface area contributed by atoms with Gasteiger partial charge in [0, 0.05) is 0 Å². The first kappa shape index (κ1) is 17.9. The van der Waals surface area contributed by atoms with E-state index >= 15 is 0 Å². The predicted molar refractivity (Wildman–Crippen MR) is 104 cm³/mol. The first-order valence-electron chi connectivity index (χ1n) is 8.61. The van der Waals surface area contributed by atoms with Gasteiger partial charge in [-0.15, -0.1) is 21.5 Å². The lowest BCUT2D eigenvalue weighted by atomic mass is 10.2. The van der Waals surface area contributed by atoms with E-state index in [0.29, 0.717) is 23.0 Å². The monoisotopic (exact) mass is 392 g/mol. The smallest absolute Gasteiger partial charge is 0.342 e. The summed E-state index contributed by atoms with van der Waals surface area (Å²) >= 11 is 1.49. The molecule has 0 unspecified atom stereocenters. The van der Waals surface area contributed by atoms with E-state index in [4.69, 9.17) is 13.9 Å². The third-order valence-electron chi connectivity index (χ3n) is 3.88. The highest BCUT2D eigenvalue weighted by molar-refractivity contribution is 7.13. The molecule has 0 fully saturated rings. The number of hydrogen-bond acceptors (Lipinski definition) is 7. The molecule has 2 heterocycles. The van der Waals surface area contributed by atoms with Gasteiger partial charge in [0.15, 0.2) is 6.10 Å². The summed E-state index contributed by atoms with van der Waals surface area (Å²) < 4.78 is 17.0. The number of para-hydroxylation sites is 2. The minimum Gasteiger partial charge on any atom is -0.456 e. The van der Waals surface area contributed by atoms with Gasteiger partial charge in [-0.05, 0) is 42.6 Å². The van der Waals surface area contributed by atoms with Gasteiger partial charge in [0.25, 0.3) is 11.8 Å². The van der Waals surface area contributed by atoms with Crippen LogP contribution in [0.1, 0.15) is 29.3 Å². The van der Waals surface area contributed by atoms with Crippen LogP contribution < -0.4 is 4.74 Å². The molecule has 7 heteroatoms. The standard InChI is InChI=1S/C21H16N2O4S/c1-14(19-22-23-20(27-19)18-12-7-13-28-18)25-21(24)16-10-5-6-11-17(16)26-15-8-3-2-4-9-15/h2-14H,1H3/t14-/m0/s1. The van der Waals surface area contributed by atoms with Gasteiger partial charge >= 0.3 is 5.97 Å². The van der Waals surface area contributed by atoms with Crippen molar-refractivity contribution in [2.45, 2.75) is 13.0 Å². The van der Waals surface area contributed by atoms with Crippen LogP contribution in [0.5, 0.6) is 11.5 Å². The van der Waals surface area contributed by atoms with Crippen molar-refractivity contribution >= 4 is 17.3 Å². The number of hydrogen-bond donors (Lipinski definition) is 0. The molecule has 140 valence electrons. The van der Waals surface area contributed by atoms with Crippen LogP contribution in [0.4, 0.5) is 0 Å². The van der Waals surface area contributed by atoms with Crippen LogP contribution >= 0.6 is 11.3 Å². The Hall–Kier alpha value is -3.45. The van der Waals surface area contributed by atoms with E-state index in [0.717, 1.165) is 4.88 Å². The first-order valence-corrected chi connectivity index (χ1v) is 9.49. The minimum absolute atomic E-state index is 0.234. The van der Waals surface area contributed by atoms with Crippen LogP contribution in [-0.4, -0.2) is 16.2 Å². The number of ether oxygens (including phenoxy) is 2. The van der Waals surface area contributed by atoms with Crippen LogP contribution in [-0.2, 0) is 4.74 Å². The van der Waals surface area contributed by atoms with Crippen molar-refractivity contribution in [3.8, 4) is 22.3 Å². The molecular formula is C21H16N2O4S. The van der Waals surface area contributed by atoms with E-state index in [2.05, 4.69) is 10.2 Å². The minimum atomic E-state index is -0.696. The average molecular weight is 392 g/mol. The maximum absolute atomic E-state index is 12.7. The lowest BCUT2D eigenvalue weighted by Gasteiger charge is -2.13. The van der Waals surface area contributed by atoms with E-state index in [-0.39, 0.29) is 5.89 Å². The molecule has 6 nitrogen and oxygen atoms in total. The maximum Gasteiger partial charge on any atom is 0.342 e. The number of benzene rings is 2. The zero-order valence-electron chi connectivity index (χ0n) is 14.9. The Bertz CT molecular complexity index is 1060. The fourth-order valence-electron chi connectivity index (χ4n) is 2.51. The molecule has 4 rings (SSSR count). The van der Waals surface area contributed by atoms with Gasteiger partial charge < -0.3 is 13.9 Å². The van der Waals surface area contributed by atoms with Crippen molar-refractivity contribution in [2.24, 2.45) is 0 Å². The van der Waals surface area contributed by atoms with Crippen LogP contribution in [0.2, 0.25) is 0 Å². The van der Waals surface area contributed by atoms with E-state index in [9.17, 15) is 4.79 Å². The molecule has 0 radical (unpaired) electrons. The highest BCUT2D eigenvalue weighted by Crippen LogP contribution is 2.29. The highest BCUT2D eigenvalue weighted by atomic mass is 32.1. The molecule has 0 aliphatic carbocycles. The molecule has 0 amide bonds. The summed E-state index contributed by atoms with van der Waals surface area (Å²) in [4.78, 5) is 13.5. The van der Waals surface area contributed by atoms with Crippen LogP contribution in [0.25, 0.3) is 10.8 Å². The zero-order valence-corrected chi connectivity index (χ0v) is 15.8. The van der Waals surface area contributed by atoms with Crippen molar-refractivity contribution < 1.29 is 18.7 Å². The van der Waals surface area contributed by atoms with Gasteiger partial charge in [0.05, 0.1) is 4.88 Å². The first-order chi connectivity index (χ1) is 13.7. The molecule has 2 aromatic heterocycles. The van der Waals surface area contributed by atoms with Crippen molar-refractivity contribution in [1.82, 2.24) is 10.2 Å². The largest absolute Gasteiger partial charge is 0.456 e. The van der Waals surface area contributed by atoms with Gasteiger partial charge in [-0.2, -0.15) is 0 Å². The van der Waals surface area contributed by atoms with Crippen molar-refractivity contribution in [3.05, 3.63) is 83.6 Å². The molecule has 0 saturated carbocycles. The molecule has 4 aromatic rings. The van der Waals surface area contributed by atoms with E-state index in [1.807, 2.05) is 47.8 Å². The van der Waals surface area contributed by atoms with Crippen molar-refractivity contribution in [1.29, 1.82) is 0 Å². The molecule has 0 saturated heterocycles. The van der Waals surface area contributed by atoms with Gasteiger partial charge in [0.2, 0.25) is 0 Å². The predicted octanol–water partition coefficient (Wildman–Crippen LogP) is 5.51. The summed E-state index contributed by atoms with van der Waals surface area (Å²) in [6, 6.07) is 19.9. The Balaban J connectivity index is 1.49. The molecule has 0 spiro atoms. The molecule has 28 heavy (non-hydrogen) atoms. The van der Waals surface area contributed by atoms with Gasteiger partial charge in [-0.3, -0.25) is 0 Å². The normalized spacial score (nSPS) is 11.8. The Morgan fingerprint density at radius 2 is 1.79 bits per heavy atom. The van der Waals surface area contributed by atoms with Crippen LogP contribution in [0, 0.1) is 0 Å². The van der Waals surface area contributed by atoms with Crippen LogP contribution in [0.15, 0.2) is 76.5 Å². The summed E-state index contributed by atoms with van der Waals surface area (Å²) in [5.41, 5.74) is 0.316. The molecule has 1 atom stereocenters. The zero-order chi connectivity index (χ0) is 19.3. The number of thiophene rings is 1. The molecule has 2 aromatic carbocycles. The molecule has 0 aliphatic heterocycles. The third kappa shape index (κ3) is 3.94. The van der Waals surface area contributed by atoms with Gasteiger partial charge in [0.1, 0.15) is 17.1 Å². The maximum atomic E-state index is 12.7. The Labute approximate surface area is 165 Å². The van der Waals surface area contributed by atoms with Gasteiger partial charge in [-0.25, -0.2) is 4.79 Å². The molecule has 0 bridgehead atoms. The fourth-order valence-corrected chi connectivity index (χ4v) is 3.16. The molecular weight excluding hydrogens is 376 g/mol. The third-order valence-corrected chi connectivity index (χ3v) is 4.74. The molecule has 0 N–H and O–H groups in total. The van der Waals surface area contributed by atoms with E-state index < -0.39 is 12.1 Å². The highest BCUT2D eigenvalue weighted by Gasteiger charge is 2.22. The summed E-state index contributed by atoms with van der Waals surface area (Å²) in [5, 5.41) is 9.92.